The molecule has 0 amide bonds. The first-order valence-electron chi connectivity index (χ1n) is 5.35. The molecule has 0 aromatic carbocycles. The summed E-state index contributed by atoms with van der Waals surface area (Å²) in [7, 11) is -2.93. The standard InChI is InChI=1S/C10H8F6OS/c11-9(12,13)8(10(14,15)16)6-4-1-2-5(3-4)7(6)18(8)17/h1-2,4-7H,3H2/t4-,5+,6+,7-,18?/m0/s1. The van der Waals surface area contributed by atoms with Crippen molar-refractivity contribution in [2.24, 2.45) is 17.8 Å². The summed E-state index contributed by atoms with van der Waals surface area (Å²) in [5, 5.41) is -0.983. The van der Waals surface area contributed by atoms with E-state index in [0.717, 1.165) is 0 Å². The Labute approximate surface area is 101 Å². The number of rotatable bonds is 0. The topological polar surface area (TPSA) is 17.1 Å². The SMILES string of the molecule is O=S1[C@@H]2[C@@H]([C@H]3C=C[C@@H]2C3)C1(C(F)(F)F)C(F)(F)F. The van der Waals surface area contributed by atoms with Crippen molar-refractivity contribution in [3.8, 4) is 0 Å². The molecule has 8 heteroatoms. The Morgan fingerprint density at radius 2 is 1.50 bits per heavy atom. The first-order chi connectivity index (χ1) is 8.12. The van der Waals surface area contributed by atoms with Gasteiger partial charge in [-0.25, -0.2) is 0 Å². The minimum Gasteiger partial charge on any atom is -0.258 e. The van der Waals surface area contributed by atoms with E-state index in [-0.39, 0.29) is 6.42 Å². The molecule has 0 aromatic heterocycles. The average Bonchev–Trinajstić information content (AvgIpc) is 2.69. The zero-order valence-electron chi connectivity index (χ0n) is 8.76. The highest BCUT2D eigenvalue weighted by molar-refractivity contribution is 7.89. The van der Waals surface area contributed by atoms with E-state index < -0.39 is 50.9 Å². The van der Waals surface area contributed by atoms with E-state index in [9.17, 15) is 30.6 Å². The Kier molecular flexibility index (Phi) is 2.18. The van der Waals surface area contributed by atoms with Crippen molar-refractivity contribution < 1.29 is 30.6 Å². The summed E-state index contributed by atoms with van der Waals surface area (Å²) >= 11 is 0. The van der Waals surface area contributed by atoms with Crippen molar-refractivity contribution >= 4 is 10.8 Å². The summed E-state index contributed by atoms with van der Waals surface area (Å²) in [6.45, 7) is 0. The zero-order chi connectivity index (χ0) is 13.5. The molecule has 3 aliphatic rings. The lowest BCUT2D eigenvalue weighted by Crippen LogP contribution is -2.77. The van der Waals surface area contributed by atoms with Gasteiger partial charge in [0.2, 0.25) is 4.75 Å². The van der Waals surface area contributed by atoms with E-state index in [0.29, 0.717) is 0 Å². The van der Waals surface area contributed by atoms with Crippen LogP contribution in [0.2, 0.25) is 0 Å². The lowest BCUT2D eigenvalue weighted by molar-refractivity contribution is -0.288. The highest BCUT2D eigenvalue weighted by Gasteiger charge is 2.88. The summed E-state index contributed by atoms with van der Waals surface area (Å²) in [6, 6.07) is 0. The monoisotopic (exact) mass is 290 g/mol. The third-order valence-corrected chi connectivity index (χ3v) is 6.77. The third kappa shape index (κ3) is 1.09. The van der Waals surface area contributed by atoms with E-state index >= 15 is 0 Å². The van der Waals surface area contributed by atoms with Crippen LogP contribution in [0.25, 0.3) is 0 Å². The summed E-state index contributed by atoms with van der Waals surface area (Å²) in [5.74, 6) is -2.74. The van der Waals surface area contributed by atoms with Crippen molar-refractivity contribution in [1.29, 1.82) is 0 Å². The Hall–Kier alpha value is -0.530. The molecule has 0 radical (unpaired) electrons. The van der Waals surface area contributed by atoms with E-state index in [4.69, 9.17) is 0 Å². The molecule has 18 heavy (non-hydrogen) atoms. The van der Waals surface area contributed by atoms with Gasteiger partial charge in [0, 0.05) is 11.2 Å². The van der Waals surface area contributed by atoms with Crippen LogP contribution in [0.3, 0.4) is 0 Å². The number of alkyl halides is 6. The van der Waals surface area contributed by atoms with Crippen molar-refractivity contribution in [2.75, 3.05) is 0 Å². The van der Waals surface area contributed by atoms with Gasteiger partial charge in [0.15, 0.2) is 0 Å². The molecule has 102 valence electrons. The van der Waals surface area contributed by atoms with Gasteiger partial charge in [-0.1, -0.05) is 12.2 Å². The quantitative estimate of drug-likeness (QED) is 0.495. The van der Waals surface area contributed by atoms with Crippen LogP contribution in [0.15, 0.2) is 12.2 Å². The van der Waals surface area contributed by atoms with Crippen LogP contribution in [0, 0.1) is 17.8 Å². The first-order valence-corrected chi connectivity index (χ1v) is 6.56. The minimum absolute atomic E-state index is 0.259. The maximum atomic E-state index is 12.9. The van der Waals surface area contributed by atoms with Crippen molar-refractivity contribution in [3.05, 3.63) is 12.2 Å². The maximum Gasteiger partial charge on any atom is 0.414 e. The second kappa shape index (κ2) is 3.13. The fraction of sp³-hybridized carbons (Fsp3) is 0.800. The van der Waals surface area contributed by atoms with E-state index in [2.05, 4.69) is 0 Å². The molecule has 2 bridgehead atoms. The molecule has 1 saturated carbocycles. The van der Waals surface area contributed by atoms with Crippen LogP contribution in [0.4, 0.5) is 26.3 Å². The molecule has 0 spiro atoms. The smallest absolute Gasteiger partial charge is 0.258 e. The fourth-order valence-corrected chi connectivity index (χ4v) is 6.09. The van der Waals surface area contributed by atoms with E-state index in [1.54, 1.807) is 6.08 Å². The van der Waals surface area contributed by atoms with Crippen LogP contribution in [0.5, 0.6) is 0 Å². The normalized spacial score (nSPS) is 44.9. The molecular formula is C10H8F6OS. The predicted octanol–water partition coefficient (Wildman–Crippen LogP) is 2.80. The number of hydrogen-bond donors (Lipinski definition) is 0. The summed E-state index contributed by atoms with van der Waals surface area (Å²) < 4.78 is 85.2. The molecular weight excluding hydrogens is 282 g/mol. The fourth-order valence-electron chi connectivity index (χ4n) is 3.64. The molecule has 1 heterocycles. The molecule has 0 aromatic rings. The molecule has 1 saturated heterocycles. The molecule has 0 N–H and O–H groups in total. The van der Waals surface area contributed by atoms with Crippen molar-refractivity contribution in [1.82, 2.24) is 0 Å². The highest BCUT2D eigenvalue weighted by Crippen LogP contribution is 2.69. The molecule has 3 rings (SSSR count). The van der Waals surface area contributed by atoms with Gasteiger partial charge in [-0.05, 0) is 18.3 Å². The van der Waals surface area contributed by atoms with Gasteiger partial charge in [-0.15, -0.1) is 0 Å². The average molecular weight is 290 g/mol. The number of allylic oxidation sites excluding steroid dienone is 2. The summed E-state index contributed by atoms with van der Waals surface area (Å²) in [5.41, 5.74) is 0. The Morgan fingerprint density at radius 1 is 1.00 bits per heavy atom. The summed E-state index contributed by atoms with van der Waals surface area (Å²) in [6.07, 6.45) is -7.77. The van der Waals surface area contributed by atoms with Gasteiger partial charge in [0.05, 0.1) is 10.8 Å². The second-order valence-corrected chi connectivity index (χ2v) is 6.75. The third-order valence-electron chi connectivity index (χ3n) is 4.26. The Balaban J connectivity index is 2.14. The van der Waals surface area contributed by atoms with Crippen molar-refractivity contribution in [3.63, 3.8) is 0 Å². The van der Waals surface area contributed by atoms with Crippen LogP contribution < -0.4 is 0 Å². The second-order valence-electron chi connectivity index (χ2n) is 4.97. The molecule has 1 aliphatic heterocycles. The lowest BCUT2D eigenvalue weighted by Gasteiger charge is -2.54. The molecule has 1 nitrogen and oxygen atoms in total. The number of halogens is 6. The summed E-state index contributed by atoms with van der Waals surface area (Å²) in [4.78, 5) is 0. The zero-order valence-corrected chi connectivity index (χ0v) is 9.57. The van der Waals surface area contributed by atoms with Gasteiger partial charge in [-0.3, -0.25) is 4.21 Å². The van der Waals surface area contributed by atoms with E-state index in [1.807, 2.05) is 0 Å². The minimum atomic E-state index is -5.52. The van der Waals surface area contributed by atoms with Crippen LogP contribution >= 0.6 is 0 Å². The van der Waals surface area contributed by atoms with Gasteiger partial charge in [0.25, 0.3) is 0 Å². The Morgan fingerprint density at radius 3 is 2.00 bits per heavy atom. The lowest BCUT2D eigenvalue weighted by atomic mass is 9.78. The molecule has 1 unspecified atom stereocenters. The number of hydrogen-bond acceptors (Lipinski definition) is 1. The van der Waals surface area contributed by atoms with E-state index in [1.165, 1.54) is 6.08 Å². The van der Waals surface area contributed by atoms with Gasteiger partial charge in [0.1, 0.15) is 0 Å². The van der Waals surface area contributed by atoms with Crippen LogP contribution in [-0.2, 0) is 10.8 Å². The molecule has 2 fully saturated rings. The highest BCUT2D eigenvalue weighted by atomic mass is 32.2. The van der Waals surface area contributed by atoms with Crippen molar-refractivity contribution in [2.45, 2.75) is 28.8 Å². The molecule has 2 aliphatic carbocycles. The van der Waals surface area contributed by atoms with Gasteiger partial charge in [-0.2, -0.15) is 26.3 Å². The van der Waals surface area contributed by atoms with Crippen LogP contribution in [-0.4, -0.2) is 26.6 Å². The van der Waals surface area contributed by atoms with Gasteiger partial charge >= 0.3 is 12.4 Å². The maximum absolute atomic E-state index is 12.9. The largest absolute Gasteiger partial charge is 0.414 e. The predicted molar refractivity (Wildman–Crippen MR) is 51.0 cm³/mol. The van der Waals surface area contributed by atoms with Gasteiger partial charge < -0.3 is 0 Å². The molecule has 5 atom stereocenters. The van der Waals surface area contributed by atoms with Crippen LogP contribution in [0.1, 0.15) is 6.42 Å². The first kappa shape index (κ1) is 12.5. The Bertz CT molecular complexity index is 436. The number of fused-ring (bicyclic) bond motifs is 5.